The van der Waals surface area contributed by atoms with E-state index in [1.54, 1.807) is 5.57 Å². The number of allylic oxidation sites excluding steroid dienone is 1. The molecule has 0 nitrogen and oxygen atoms in total. The molecule has 0 amide bonds. The molecule has 0 heteroatoms. The lowest BCUT2D eigenvalue weighted by atomic mass is 9.29. The molecule has 4 unspecified atom stereocenters. The van der Waals surface area contributed by atoms with Gasteiger partial charge in [0.2, 0.25) is 0 Å². The Bertz CT molecular complexity index is 314. The maximum Gasteiger partial charge on any atom is -0.00538 e. The van der Waals surface area contributed by atoms with Crippen LogP contribution < -0.4 is 0 Å². The minimum absolute atomic E-state index is 0.543. The van der Waals surface area contributed by atoms with Crippen LogP contribution in [0.15, 0.2) is 12.2 Å². The summed E-state index contributed by atoms with van der Waals surface area (Å²) in [4.78, 5) is 0. The van der Waals surface area contributed by atoms with E-state index in [4.69, 9.17) is 0 Å². The van der Waals surface area contributed by atoms with Crippen molar-refractivity contribution in [3.05, 3.63) is 12.2 Å². The third-order valence-electron chi connectivity index (χ3n) is 6.36. The standard InChI is InChI=1S/C15H24/c1-10(2)12-5-7-14(4)11(3)13-6-8-15(13,14)9-12/h10,12-13H,3,5-9H2,1-2,4H3. The SMILES string of the molecule is C=C1C2CCC23CC(C(C)C)CCC13C. The van der Waals surface area contributed by atoms with Crippen LogP contribution in [0.25, 0.3) is 0 Å². The van der Waals surface area contributed by atoms with E-state index in [0.29, 0.717) is 5.41 Å². The third-order valence-corrected chi connectivity index (χ3v) is 6.36. The summed E-state index contributed by atoms with van der Waals surface area (Å²) in [7, 11) is 0. The minimum atomic E-state index is 0.543. The van der Waals surface area contributed by atoms with Gasteiger partial charge in [-0.2, -0.15) is 0 Å². The highest BCUT2D eigenvalue weighted by Gasteiger charge is 2.70. The molecule has 84 valence electrons. The average molecular weight is 204 g/mol. The van der Waals surface area contributed by atoms with Crippen LogP contribution in [-0.2, 0) is 0 Å². The van der Waals surface area contributed by atoms with Crippen LogP contribution in [0, 0.1) is 28.6 Å². The molecule has 15 heavy (non-hydrogen) atoms. The van der Waals surface area contributed by atoms with Crippen LogP contribution in [0.2, 0.25) is 0 Å². The Morgan fingerprint density at radius 3 is 2.53 bits per heavy atom. The molecule has 3 saturated carbocycles. The minimum Gasteiger partial charge on any atom is -0.0990 e. The summed E-state index contributed by atoms with van der Waals surface area (Å²) in [6.07, 6.45) is 7.31. The maximum atomic E-state index is 4.36. The van der Waals surface area contributed by atoms with Gasteiger partial charge in [0.1, 0.15) is 0 Å². The second kappa shape index (κ2) is 2.70. The second-order valence-corrected chi connectivity index (χ2v) is 6.85. The van der Waals surface area contributed by atoms with Crippen molar-refractivity contribution in [1.29, 1.82) is 0 Å². The van der Waals surface area contributed by atoms with Gasteiger partial charge >= 0.3 is 0 Å². The van der Waals surface area contributed by atoms with Crippen molar-refractivity contribution in [2.45, 2.75) is 52.9 Å². The zero-order valence-corrected chi connectivity index (χ0v) is 10.5. The van der Waals surface area contributed by atoms with Crippen LogP contribution in [0.5, 0.6) is 0 Å². The van der Waals surface area contributed by atoms with Gasteiger partial charge in [-0.1, -0.05) is 32.9 Å². The van der Waals surface area contributed by atoms with E-state index in [1.165, 1.54) is 32.1 Å². The molecule has 4 atom stereocenters. The Hall–Kier alpha value is -0.260. The third kappa shape index (κ3) is 0.905. The molecule has 3 fully saturated rings. The zero-order valence-electron chi connectivity index (χ0n) is 10.5. The molecule has 0 aromatic rings. The summed E-state index contributed by atoms with van der Waals surface area (Å²) >= 11 is 0. The molecule has 0 N–H and O–H groups in total. The maximum absolute atomic E-state index is 4.36. The molecule has 3 aliphatic rings. The van der Waals surface area contributed by atoms with E-state index in [0.717, 1.165) is 23.2 Å². The fourth-order valence-electron chi connectivity index (χ4n) is 4.92. The van der Waals surface area contributed by atoms with Crippen LogP contribution in [0.4, 0.5) is 0 Å². The van der Waals surface area contributed by atoms with Gasteiger partial charge in [0.05, 0.1) is 0 Å². The van der Waals surface area contributed by atoms with Crippen molar-refractivity contribution in [3.8, 4) is 0 Å². The van der Waals surface area contributed by atoms with Gasteiger partial charge in [-0.25, -0.2) is 0 Å². The summed E-state index contributed by atoms with van der Waals surface area (Å²) < 4.78 is 0. The molecule has 1 spiro atoms. The summed E-state index contributed by atoms with van der Waals surface area (Å²) in [5.74, 6) is 2.80. The van der Waals surface area contributed by atoms with Gasteiger partial charge < -0.3 is 0 Å². The van der Waals surface area contributed by atoms with Gasteiger partial charge in [0, 0.05) is 0 Å². The molecule has 0 saturated heterocycles. The molecule has 0 heterocycles. The van der Waals surface area contributed by atoms with E-state index < -0.39 is 0 Å². The number of rotatable bonds is 1. The molecular formula is C15H24. The summed E-state index contributed by atoms with van der Waals surface area (Å²) in [6, 6.07) is 0. The largest absolute Gasteiger partial charge is 0.0990 e. The fraction of sp³-hybridized carbons (Fsp3) is 0.867. The van der Waals surface area contributed by atoms with Gasteiger partial charge in [0.15, 0.2) is 0 Å². The van der Waals surface area contributed by atoms with Gasteiger partial charge in [-0.3, -0.25) is 0 Å². The average Bonchev–Trinajstić information content (AvgIpc) is 2.16. The Labute approximate surface area is 94.1 Å². The molecule has 0 bridgehead atoms. The molecule has 0 aromatic heterocycles. The van der Waals surface area contributed by atoms with Crippen LogP contribution in [0.3, 0.4) is 0 Å². The van der Waals surface area contributed by atoms with Gasteiger partial charge in [-0.05, 0) is 60.7 Å². The normalized spacial score (nSPS) is 52.9. The molecule has 0 aromatic carbocycles. The number of hydrogen-bond donors (Lipinski definition) is 0. The summed E-state index contributed by atoms with van der Waals surface area (Å²) in [5, 5.41) is 0. The summed E-state index contributed by atoms with van der Waals surface area (Å²) in [6.45, 7) is 11.7. The first kappa shape index (κ1) is 9.93. The Morgan fingerprint density at radius 2 is 2.00 bits per heavy atom. The Kier molecular flexibility index (Phi) is 1.79. The Balaban J connectivity index is 1.87. The van der Waals surface area contributed by atoms with Gasteiger partial charge in [-0.15, -0.1) is 0 Å². The van der Waals surface area contributed by atoms with Crippen LogP contribution in [0.1, 0.15) is 52.9 Å². The first-order valence-corrected chi connectivity index (χ1v) is 6.70. The van der Waals surface area contributed by atoms with Gasteiger partial charge in [0.25, 0.3) is 0 Å². The lowest BCUT2D eigenvalue weighted by Crippen LogP contribution is -2.67. The Morgan fingerprint density at radius 1 is 1.27 bits per heavy atom. The van der Waals surface area contributed by atoms with Crippen molar-refractivity contribution in [3.63, 3.8) is 0 Å². The van der Waals surface area contributed by atoms with E-state index in [-0.39, 0.29) is 0 Å². The molecule has 0 radical (unpaired) electrons. The molecular weight excluding hydrogens is 180 g/mol. The monoisotopic (exact) mass is 204 g/mol. The topological polar surface area (TPSA) is 0 Å². The van der Waals surface area contributed by atoms with Crippen molar-refractivity contribution < 1.29 is 0 Å². The predicted octanol–water partition coefficient (Wildman–Crippen LogP) is 4.42. The first-order chi connectivity index (χ1) is 7.01. The van der Waals surface area contributed by atoms with Crippen molar-refractivity contribution in [2.24, 2.45) is 28.6 Å². The number of hydrogen-bond acceptors (Lipinski definition) is 0. The van der Waals surface area contributed by atoms with Crippen molar-refractivity contribution in [1.82, 2.24) is 0 Å². The van der Waals surface area contributed by atoms with E-state index in [1.807, 2.05) is 0 Å². The van der Waals surface area contributed by atoms with Crippen LogP contribution >= 0.6 is 0 Å². The highest BCUT2D eigenvalue weighted by atomic mass is 14.7. The van der Waals surface area contributed by atoms with Crippen molar-refractivity contribution in [2.75, 3.05) is 0 Å². The van der Waals surface area contributed by atoms with Crippen LogP contribution in [-0.4, -0.2) is 0 Å². The molecule has 0 aliphatic heterocycles. The predicted molar refractivity (Wildman–Crippen MR) is 64.6 cm³/mol. The van der Waals surface area contributed by atoms with E-state index >= 15 is 0 Å². The lowest BCUT2D eigenvalue weighted by Gasteiger charge is -2.75. The highest BCUT2D eigenvalue weighted by molar-refractivity contribution is 5.38. The summed E-state index contributed by atoms with van der Waals surface area (Å²) in [5.41, 5.74) is 2.87. The fourth-order valence-corrected chi connectivity index (χ4v) is 4.92. The molecule has 3 aliphatic carbocycles. The van der Waals surface area contributed by atoms with Crippen molar-refractivity contribution >= 4 is 0 Å². The second-order valence-electron chi connectivity index (χ2n) is 6.85. The van der Waals surface area contributed by atoms with E-state index in [9.17, 15) is 0 Å². The van der Waals surface area contributed by atoms with E-state index in [2.05, 4.69) is 27.4 Å². The first-order valence-electron chi connectivity index (χ1n) is 6.70. The lowest BCUT2D eigenvalue weighted by molar-refractivity contribution is -0.185. The smallest absolute Gasteiger partial charge is 0.00538 e. The molecule has 3 rings (SSSR count). The quantitative estimate of drug-likeness (QED) is 0.555. The zero-order chi connectivity index (χ0) is 10.8. The highest BCUT2D eigenvalue weighted by Crippen LogP contribution is 2.79.